The van der Waals surface area contributed by atoms with Gasteiger partial charge in [-0.05, 0) is 61.9 Å². The second kappa shape index (κ2) is 10.2. The van der Waals surface area contributed by atoms with Crippen LogP contribution in [-0.4, -0.2) is 44.0 Å². The van der Waals surface area contributed by atoms with E-state index in [1.807, 2.05) is 17.7 Å². The van der Waals surface area contributed by atoms with E-state index in [0.717, 1.165) is 43.1 Å². The Hall–Kier alpha value is -3.72. The number of amides is 3. The molecule has 1 saturated heterocycles. The van der Waals surface area contributed by atoms with Gasteiger partial charge in [0.15, 0.2) is 5.82 Å². The van der Waals surface area contributed by atoms with E-state index in [4.69, 9.17) is 9.72 Å². The van der Waals surface area contributed by atoms with Crippen molar-refractivity contribution >= 4 is 17.8 Å². The van der Waals surface area contributed by atoms with Gasteiger partial charge in [-0.15, -0.1) is 0 Å². The average molecular weight is 515 g/mol. The Bertz CT molecular complexity index is 1340. The Labute approximate surface area is 222 Å². The Morgan fingerprint density at radius 2 is 1.84 bits per heavy atom. The van der Waals surface area contributed by atoms with Crippen LogP contribution in [-0.2, 0) is 24.9 Å². The van der Waals surface area contributed by atoms with Crippen LogP contribution in [0.5, 0.6) is 5.75 Å². The van der Waals surface area contributed by atoms with Gasteiger partial charge < -0.3 is 9.30 Å². The van der Waals surface area contributed by atoms with Gasteiger partial charge in [0, 0.05) is 33.1 Å². The molecule has 3 aromatic rings. The van der Waals surface area contributed by atoms with E-state index in [1.54, 1.807) is 11.1 Å². The summed E-state index contributed by atoms with van der Waals surface area (Å²) in [5.74, 6) is 2.04. The number of anilines is 1. The third-order valence-electron chi connectivity index (χ3n) is 8.02. The first kappa shape index (κ1) is 24.6. The lowest BCUT2D eigenvalue weighted by atomic mass is 9.98. The first-order valence-corrected chi connectivity index (χ1v) is 13.6. The van der Waals surface area contributed by atoms with Crippen LogP contribution < -0.4 is 15.0 Å². The van der Waals surface area contributed by atoms with Crippen molar-refractivity contribution in [3.05, 3.63) is 59.4 Å². The third kappa shape index (κ3) is 4.78. The number of imidazole rings is 1. The van der Waals surface area contributed by atoms with E-state index in [1.165, 1.54) is 30.4 Å². The van der Waals surface area contributed by atoms with Crippen molar-refractivity contribution in [2.75, 3.05) is 11.4 Å². The number of nitrogens with zero attached hydrogens (tertiary/aromatic N) is 5. The first-order chi connectivity index (χ1) is 18.5. The van der Waals surface area contributed by atoms with E-state index in [0.29, 0.717) is 24.3 Å². The Morgan fingerprint density at radius 3 is 2.61 bits per heavy atom. The third-order valence-corrected chi connectivity index (χ3v) is 8.02. The summed E-state index contributed by atoms with van der Waals surface area (Å²) in [5, 5.41) is 2.37. The van der Waals surface area contributed by atoms with Gasteiger partial charge in [-0.25, -0.2) is 14.8 Å². The fourth-order valence-electron chi connectivity index (χ4n) is 5.80. The number of benzene rings is 1. The van der Waals surface area contributed by atoms with Gasteiger partial charge in [0.1, 0.15) is 17.3 Å². The number of carbonyl (C=O) groups excluding carboxylic acids is 2. The van der Waals surface area contributed by atoms with Gasteiger partial charge in [0.05, 0.1) is 24.0 Å². The van der Waals surface area contributed by atoms with Crippen LogP contribution in [0, 0.1) is 0 Å². The van der Waals surface area contributed by atoms with E-state index in [-0.39, 0.29) is 18.4 Å². The summed E-state index contributed by atoms with van der Waals surface area (Å²) in [5.41, 5.74) is 4.31. The second-order valence-electron chi connectivity index (χ2n) is 10.6. The van der Waals surface area contributed by atoms with E-state index in [2.05, 4.69) is 52.5 Å². The number of rotatable bonds is 6. The van der Waals surface area contributed by atoms with Gasteiger partial charge in [-0.3, -0.25) is 19.9 Å². The maximum absolute atomic E-state index is 12.3. The Kier molecular flexibility index (Phi) is 6.61. The maximum Gasteiger partial charge on any atom is 0.329 e. The highest BCUT2D eigenvalue weighted by Crippen LogP contribution is 2.35. The summed E-state index contributed by atoms with van der Waals surface area (Å²) in [7, 11) is 1.87. The number of pyridine rings is 1. The molecule has 2 aromatic heterocycles. The van der Waals surface area contributed by atoms with Gasteiger partial charge in [-0.1, -0.05) is 24.6 Å². The number of hydrogen-bond acceptors (Lipinski definition) is 6. The Morgan fingerprint density at radius 1 is 1.05 bits per heavy atom. The molecule has 1 aliphatic carbocycles. The number of nitrogens with one attached hydrogen (secondary N) is 1. The largest absolute Gasteiger partial charge is 0.490 e. The molecule has 9 nitrogen and oxygen atoms in total. The summed E-state index contributed by atoms with van der Waals surface area (Å²) in [4.78, 5) is 37.4. The molecule has 1 N–H and O–H groups in total. The van der Waals surface area contributed by atoms with Crippen molar-refractivity contribution in [3.63, 3.8) is 0 Å². The highest BCUT2D eigenvalue weighted by Gasteiger charge is 2.30. The molecule has 1 saturated carbocycles. The monoisotopic (exact) mass is 514 g/mol. The fourth-order valence-corrected chi connectivity index (χ4v) is 5.80. The maximum atomic E-state index is 12.3. The molecule has 3 amide bonds. The summed E-state index contributed by atoms with van der Waals surface area (Å²) >= 11 is 0. The number of hydrogen-bond donors (Lipinski definition) is 1. The zero-order valence-electron chi connectivity index (χ0n) is 22.0. The lowest BCUT2D eigenvalue weighted by Gasteiger charge is -2.26. The highest BCUT2D eigenvalue weighted by molar-refractivity contribution is 6.05. The predicted octanol–water partition coefficient (Wildman–Crippen LogP) is 4.72. The van der Waals surface area contributed by atoms with Crippen LogP contribution in [0.3, 0.4) is 0 Å². The molecular formula is C29H34N6O3. The zero-order valence-corrected chi connectivity index (χ0v) is 22.0. The molecule has 1 aromatic carbocycles. The molecule has 9 heteroatoms. The standard InChI is InChI=1S/C29H34N6O3/c1-19-27-21(18-34(19)17-20-8-11-23(12-9-20)38-22-6-4-3-5-7-22)10-13-24(31-27)28-30-16-26(33(28)2)35-15-14-25(36)32-29(35)37/h8-13,16,19,22H,3-7,14-15,17-18H2,1-2H3,(H,32,36,37)/t19-/m0/s1. The minimum Gasteiger partial charge on any atom is -0.490 e. The predicted molar refractivity (Wildman–Crippen MR) is 144 cm³/mol. The number of ether oxygens (including phenoxy) is 1. The number of fused-ring (bicyclic) bond motifs is 1. The van der Waals surface area contributed by atoms with E-state index < -0.39 is 6.03 Å². The van der Waals surface area contributed by atoms with Crippen LogP contribution >= 0.6 is 0 Å². The lowest BCUT2D eigenvalue weighted by molar-refractivity contribution is -0.120. The van der Waals surface area contributed by atoms with Gasteiger partial charge in [-0.2, -0.15) is 0 Å². The van der Waals surface area contributed by atoms with Crippen LogP contribution in [0.4, 0.5) is 10.6 Å². The van der Waals surface area contributed by atoms with Crippen molar-refractivity contribution in [1.82, 2.24) is 24.8 Å². The molecule has 1 atom stereocenters. The van der Waals surface area contributed by atoms with Gasteiger partial charge in [0.2, 0.25) is 5.91 Å². The van der Waals surface area contributed by atoms with Crippen molar-refractivity contribution in [1.29, 1.82) is 0 Å². The summed E-state index contributed by atoms with van der Waals surface area (Å²) in [6.07, 6.45) is 8.48. The number of imide groups is 1. The zero-order chi connectivity index (χ0) is 26.2. The van der Waals surface area contributed by atoms with E-state index >= 15 is 0 Å². The fraction of sp³-hybridized carbons (Fsp3) is 0.448. The molecule has 2 aliphatic heterocycles. The SMILES string of the molecule is C[C@H]1c2nc(-c3ncc(N4CCC(=O)NC4=O)n3C)ccc2CN1Cc1ccc(OC2CCCCC2)cc1. The Balaban J connectivity index is 1.14. The molecular weight excluding hydrogens is 480 g/mol. The minimum atomic E-state index is -0.421. The second-order valence-corrected chi connectivity index (χ2v) is 10.6. The highest BCUT2D eigenvalue weighted by atomic mass is 16.5. The van der Waals surface area contributed by atoms with Gasteiger partial charge >= 0.3 is 6.03 Å². The molecule has 6 rings (SSSR count). The quantitative estimate of drug-likeness (QED) is 0.512. The van der Waals surface area contributed by atoms with E-state index in [9.17, 15) is 9.59 Å². The summed E-state index contributed by atoms with van der Waals surface area (Å²) in [6.45, 7) is 4.22. The van der Waals surface area contributed by atoms with Crippen LogP contribution in [0.1, 0.15) is 68.3 Å². The lowest BCUT2D eigenvalue weighted by Crippen LogP contribution is -2.50. The van der Waals surface area contributed by atoms with Crippen LogP contribution in [0.25, 0.3) is 11.5 Å². The number of carbonyl (C=O) groups is 2. The van der Waals surface area contributed by atoms with Crippen molar-refractivity contribution < 1.29 is 14.3 Å². The molecule has 4 heterocycles. The first-order valence-electron chi connectivity index (χ1n) is 13.6. The normalized spacial score (nSPS) is 20.5. The van der Waals surface area contributed by atoms with Crippen LogP contribution in [0.15, 0.2) is 42.6 Å². The molecule has 38 heavy (non-hydrogen) atoms. The smallest absolute Gasteiger partial charge is 0.329 e. The number of aromatic nitrogens is 3. The minimum absolute atomic E-state index is 0.168. The summed E-state index contributed by atoms with van der Waals surface area (Å²) in [6, 6.07) is 12.4. The average Bonchev–Trinajstić information content (AvgIpc) is 3.45. The van der Waals surface area contributed by atoms with Gasteiger partial charge in [0.25, 0.3) is 0 Å². The molecule has 2 fully saturated rings. The molecule has 0 unspecified atom stereocenters. The molecule has 3 aliphatic rings. The van der Waals surface area contributed by atoms with Crippen LogP contribution in [0.2, 0.25) is 0 Å². The molecule has 0 spiro atoms. The number of urea groups is 1. The van der Waals surface area contributed by atoms with Crippen molar-refractivity contribution in [2.45, 2.75) is 70.7 Å². The van der Waals surface area contributed by atoms with Crippen molar-refractivity contribution in [3.8, 4) is 17.3 Å². The molecule has 0 bridgehead atoms. The molecule has 0 radical (unpaired) electrons. The molecule has 198 valence electrons. The summed E-state index contributed by atoms with van der Waals surface area (Å²) < 4.78 is 8.06. The topological polar surface area (TPSA) is 92.6 Å². The van der Waals surface area contributed by atoms with Crippen molar-refractivity contribution in [2.24, 2.45) is 7.05 Å².